The van der Waals surface area contributed by atoms with Gasteiger partial charge in [-0.25, -0.2) is 31.5 Å². The molecule has 2 N–H and O–H groups in total. The number of sulfonamides is 2. The van der Waals surface area contributed by atoms with Crippen LogP contribution in [0.15, 0.2) is 58.3 Å². The summed E-state index contributed by atoms with van der Waals surface area (Å²) in [6.07, 6.45) is 3.64. The van der Waals surface area contributed by atoms with Gasteiger partial charge in [-0.05, 0) is 81.6 Å². The van der Waals surface area contributed by atoms with Gasteiger partial charge in [-0.1, -0.05) is 18.9 Å². The Morgan fingerprint density at radius 1 is 0.789 bits per heavy atom. The summed E-state index contributed by atoms with van der Waals surface area (Å²) in [7, 11) is -7.66. The molecule has 1 amide bonds. The van der Waals surface area contributed by atoms with Gasteiger partial charge in [0.25, 0.3) is 15.9 Å². The highest BCUT2D eigenvalue weighted by Crippen LogP contribution is 2.24. The monoisotopic (exact) mass is 557 g/mol. The second-order valence-corrected chi connectivity index (χ2v) is 13.0. The lowest BCUT2D eigenvalue weighted by Gasteiger charge is -2.20. The maximum atomic E-state index is 13.2. The first kappa shape index (κ1) is 27.7. The molecule has 2 aromatic carbocycles. The fraction of sp³-hybridized carbons (Fsp3) is 0.346. The molecule has 10 nitrogen and oxygen atoms in total. The van der Waals surface area contributed by atoms with Crippen molar-refractivity contribution in [3.63, 3.8) is 0 Å². The summed E-state index contributed by atoms with van der Waals surface area (Å²) in [5.74, 6) is -0.516. The van der Waals surface area contributed by atoms with Crippen LogP contribution in [-0.4, -0.2) is 50.1 Å². The number of aryl methyl sites for hydroxylation is 3. The highest BCUT2D eigenvalue weighted by Gasteiger charge is 2.26. The molecule has 0 unspecified atom stereocenters. The molecular weight excluding hydrogens is 526 g/mol. The molecule has 1 aliphatic rings. The van der Waals surface area contributed by atoms with Gasteiger partial charge in [-0.2, -0.15) is 4.31 Å². The quantitative estimate of drug-likeness (QED) is 0.447. The summed E-state index contributed by atoms with van der Waals surface area (Å²) >= 11 is 0. The third kappa shape index (κ3) is 6.37. The lowest BCUT2D eigenvalue weighted by atomic mass is 10.1. The van der Waals surface area contributed by atoms with Gasteiger partial charge in [0.1, 0.15) is 0 Å². The Morgan fingerprint density at radius 3 is 1.97 bits per heavy atom. The molecule has 38 heavy (non-hydrogen) atoms. The van der Waals surface area contributed by atoms with Crippen molar-refractivity contribution in [1.29, 1.82) is 0 Å². The zero-order chi connectivity index (χ0) is 27.5. The van der Waals surface area contributed by atoms with E-state index in [1.807, 2.05) is 0 Å². The molecule has 1 aliphatic heterocycles. The lowest BCUT2D eigenvalue weighted by Crippen LogP contribution is -2.32. The Labute approximate surface area is 223 Å². The fourth-order valence-electron chi connectivity index (χ4n) is 4.30. The number of hydrogen-bond acceptors (Lipinski definition) is 7. The number of nitrogens with zero attached hydrogens (tertiary/aromatic N) is 3. The number of nitrogens with one attached hydrogen (secondary N) is 2. The SMILES string of the molecule is Cc1cc(C)nc(NS(=O)(=O)c2ccc(NC(=O)c3cc(S(=O)(=O)N4CCCCCC4)ccc3C)cc2)n1. The molecule has 0 atom stereocenters. The first-order chi connectivity index (χ1) is 18.0. The average molecular weight is 558 g/mol. The maximum absolute atomic E-state index is 13.2. The van der Waals surface area contributed by atoms with Crippen molar-refractivity contribution >= 4 is 37.6 Å². The Kier molecular flexibility index (Phi) is 8.14. The number of carbonyl (C=O) groups is 1. The van der Waals surface area contributed by atoms with Crippen LogP contribution < -0.4 is 10.0 Å². The summed E-state index contributed by atoms with van der Waals surface area (Å²) in [5.41, 5.74) is 2.47. The van der Waals surface area contributed by atoms with Crippen molar-refractivity contribution in [1.82, 2.24) is 14.3 Å². The summed E-state index contributed by atoms with van der Waals surface area (Å²) in [6.45, 7) is 6.15. The van der Waals surface area contributed by atoms with E-state index in [-0.39, 0.29) is 21.3 Å². The number of benzene rings is 2. The molecule has 202 valence electrons. The van der Waals surface area contributed by atoms with Gasteiger partial charge in [0.05, 0.1) is 9.79 Å². The summed E-state index contributed by atoms with van der Waals surface area (Å²) in [5, 5.41) is 2.72. The van der Waals surface area contributed by atoms with E-state index in [4.69, 9.17) is 0 Å². The average Bonchev–Trinajstić information content (AvgIpc) is 3.14. The van der Waals surface area contributed by atoms with Crippen LogP contribution in [0.1, 0.15) is 53.0 Å². The highest BCUT2D eigenvalue weighted by atomic mass is 32.2. The smallest absolute Gasteiger partial charge is 0.264 e. The van der Waals surface area contributed by atoms with Gasteiger partial charge < -0.3 is 5.32 Å². The van der Waals surface area contributed by atoms with Crippen LogP contribution in [0.2, 0.25) is 0 Å². The van der Waals surface area contributed by atoms with E-state index in [2.05, 4.69) is 20.0 Å². The van der Waals surface area contributed by atoms with E-state index in [9.17, 15) is 21.6 Å². The predicted octanol–water partition coefficient (Wildman–Crippen LogP) is 4.02. The van der Waals surface area contributed by atoms with Gasteiger partial charge in [0, 0.05) is 35.7 Å². The first-order valence-electron chi connectivity index (χ1n) is 12.3. The third-order valence-corrected chi connectivity index (χ3v) is 9.53. The molecule has 12 heteroatoms. The van der Waals surface area contributed by atoms with Gasteiger partial charge in [0.15, 0.2) is 0 Å². The summed E-state index contributed by atoms with van der Waals surface area (Å²) in [6, 6.07) is 11.9. The molecule has 3 aromatic rings. The molecule has 2 heterocycles. The molecule has 0 spiro atoms. The number of carbonyl (C=O) groups excluding carboxylic acids is 1. The van der Waals surface area contributed by atoms with Crippen LogP contribution in [-0.2, 0) is 20.0 Å². The molecule has 0 radical (unpaired) electrons. The molecular formula is C26H31N5O5S2. The second kappa shape index (κ2) is 11.2. The Hall–Kier alpha value is -3.35. The van der Waals surface area contributed by atoms with Crippen molar-refractivity contribution in [2.24, 2.45) is 0 Å². The molecule has 0 saturated carbocycles. The van der Waals surface area contributed by atoms with Crippen LogP contribution in [0.3, 0.4) is 0 Å². The number of hydrogen-bond donors (Lipinski definition) is 2. The van der Waals surface area contributed by atoms with E-state index >= 15 is 0 Å². The highest BCUT2D eigenvalue weighted by molar-refractivity contribution is 7.92. The first-order valence-corrected chi connectivity index (χ1v) is 15.3. The molecule has 1 aromatic heterocycles. The van der Waals surface area contributed by atoms with Gasteiger partial charge in [-0.15, -0.1) is 0 Å². The molecule has 1 fully saturated rings. The number of rotatable bonds is 7. The van der Waals surface area contributed by atoms with Crippen molar-refractivity contribution < 1.29 is 21.6 Å². The van der Waals surface area contributed by atoms with Gasteiger partial charge >= 0.3 is 0 Å². The maximum Gasteiger partial charge on any atom is 0.264 e. The Balaban J connectivity index is 1.50. The van der Waals surface area contributed by atoms with Crippen LogP contribution in [0, 0.1) is 20.8 Å². The Bertz CT molecular complexity index is 1530. The van der Waals surface area contributed by atoms with E-state index in [1.165, 1.54) is 40.7 Å². The minimum atomic E-state index is -3.95. The molecule has 0 bridgehead atoms. The zero-order valence-corrected chi connectivity index (χ0v) is 23.2. The second-order valence-electron chi connectivity index (χ2n) is 9.35. The summed E-state index contributed by atoms with van der Waals surface area (Å²) in [4.78, 5) is 21.3. The van der Waals surface area contributed by atoms with Crippen molar-refractivity contribution in [3.05, 3.63) is 71.0 Å². The largest absolute Gasteiger partial charge is 0.322 e. The standard InChI is InChI=1S/C26H31N5O5S2/c1-18-8-11-23(38(35,36)31-14-6-4-5-7-15-31)17-24(18)25(32)29-21-9-12-22(13-10-21)37(33,34)30-26-27-19(2)16-20(3)28-26/h8-13,16-17H,4-7,14-15H2,1-3H3,(H,29,32)(H,27,28,30). The predicted molar refractivity (Wildman–Crippen MR) is 145 cm³/mol. The summed E-state index contributed by atoms with van der Waals surface area (Å²) < 4.78 is 55.8. The fourth-order valence-corrected chi connectivity index (χ4v) is 6.79. The van der Waals surface area contributed by atoms with Crippen LogP contribution in [0.5, 0.6) is 0 Å². The van der Waals surface area contributed by atoms with Crippen LogP contribution in [0.25, 0.3) is 0 Å². The van der Waals surface area contributed by atoms with E-state index in [0.29, 0.717) is 35.7 Å². The van der Waals surface area contributed by atoms with Gasteiger partial charge in [0.2, 0.25) is 16.0 Å². The van der Waals surface area contributed by atoms with Crippen molar-refractivity contribution in [2.75, 3.05) is 23.1 Å². The minimum absolute atomic E-state index is 0.0228. The molecule has 1 saturated heterocycles. The topological polar surface area (TPSA) is 138 Å². The van der Waals surface area contributed by atoms with E-state index < -0.39 is 26.0 Å². The normalized spacial score (nSPS) is 15.0. The third-order valence-electron chi connectivity index (χ3n) is 6.29. The zero-order valence-electron chi connectivity index (χ0n) is 21.6. The van der Waals surface area contributed by atoms with Crippen LogP contribution >= 0.6 is 0 Å². The number of aromatic nitrogens is 2. The lowest BCUT2D eigenvalue weighted by molar-refractivity contribution is 0.102. The van der Waals surface area contributed by atoms with E-state index in [1.54, 1.807) is 32.9 Å². The number of amides is 1. The number of anilines is 2. The minimum Gasteiger partial charge on any atom is -0.322 e. The van der Waals surface area contributed by atoms with Crippen molar-refractivity contribution in [2.45, 2.75) is 56.2 Å². The molecule has 0 aliphatic carbocycles. The Morgan fingerprint density at radius 2 is 1.37 bits per heavy atom. The van der Waals surface area contributed by atoms with Gasteiger partial charge in [-0.3, -0.25) is 4.79 Å². The van der Waals surface area contributed by atoms with Crippen LogP contribution in [0.4, 0.5) is 11.6 Å². The molecule has 4 rings (SSSR count). The van der Waals surface area contributed by atoms with E-state index in [0.717, 1.165) is 25.7 Å². The van der Waals surface area contributed by atoms with Crippen molar-refractivity contribution in [3.8, 4) is 0 Å².